The van der Waals surface area contributed by atoms with Crippen molar-refractivity contribution in [1.29, 1.82) is 0 Å². The summed E-state index contributed by atoms with van der Waals surface area (Å²) < 4.78 is 39.8. The van der Waals surface area contributed by atoms with Crippen molar-refractivity contribution < 1.29 is 18.0 Å². The third kappa shape index (κ3) is 2.31. The molecule has 1 unspecified atom stereocenters. The van der Waals surface area contributed by atoms with Crippen molar-refractivity contribution >= 4 is 27.5 Å². The molecular weight excluding hydrogens is 299 g/mol. The van der Waals surface area contributed by atoms with Crippen LogP contribution in [-0.4, -0.2) is 17.3 Å². The minimum absolute atomic E-state index is 0.237. The van der Waals surface area contributed by atoms with Gasteiger partial charge in [0.1, 0.15) is 11.5 Å². The van der Waals surface area contributed by atoms with Crippen molar-refractivity contribution in [2.45, 2.75) is 17.7 Å². The Hall–Kier alpha value is -1.04. The number of carbonyl (C=O) groups is 1. The normalized spacial score (nSPS) is 20.8. The van der Waals surface area contributed by atoms with Crippen molar-refractivity contribution in [2.75, 3.05) is 11.4 Å². The summed E-state index contributed by atoms with van der Waals surface area (Å²) in [6.07, 6.45) is 1.26. The predicted molar refractivity (Wildman–Crippen MR) is 60.6 cm³/mol. The standard InChI is InChI=1S/C11H9BrF3NO/c12-7-2-1-3-16(11(7)17)10-8(14)4-6(13)5-9(10)15/h4-5,7H,1-3H2. The van der Waals surface area contributed by atoms with Crippen LogP contribution in [0.4, 0.5) is 18.9 Å². The third-order valence-electron chi connectivity index (χ3n) is 2.62. The molecule has 1 fully saturated rings. The summed E-state index contributed by atoms with van der Waals surface area (Å²) in [5.74, 6) is -3.51. The molecule has 2 rings (SSSR count). The van der Waals surface area contributed by atoms with E-state index in [-0.39, 0.29) is 6.54 Å². The van der Waals surface area contributed by atoms with Crippen molar-refractivity contribution in [3.8, 4) is 0 Å². The Bertz CT molecular complexity index is 443. The smallest absolute Gasteiger partial charge is 0.240 e. The summed E-state index contributed by atoms with van der Waals surface area (Å²) in [5, 5.41) is 0. The molecule has 0 radical (unpaired) electrons. The molecular formula is C11H9BrF3NO. The molecule has 1 aliphatic heterocycles. The van der Waals surface area contributed by atoms with E-state index >= 15 is 0 Å². The molecule has 1 heterocycles. The lowest BCUT2D eigenvalue weighted by atomic mass is 10.1. The maximum Gasteiger partial charge on any atom is 0.240 e. The number of carbonyl (C=O) groups excluding carboxylic acids is 1. The number of anilines is 1. The highest BCUT2D eigenvalue weighted by Crippen LogP contribution is 2.29. The summed E-state index contributed by atoms with van der Waals surface area (Å²) >= 11 is 3.14. The van der Waals surface area contributed by atoms with Crippen LogP contribution in [0.25, 0.3) is 0 Å². The van der Waals surface area contributed by atoms with Crippen molar-refractivity contribution in [1.82, 2.24) is 0 Å². The van der Waals surface area contributed by atoms with Gasteiger partial charge in [-0.05, 0) is 12.8 Å². The van der Waals surface area contributed by atoms with E-state index < -0.39 is 33.9 Å². The minimum Gasteiger partial charge on any atom is -0.306 e. The molecule has 2 nitrogen and oxygen atoms in total. The predicted octanol–water partition coefficient (Wildman–Crippen LogP) is 2.99. The van der Waals surface area contributed by atoms with Gasteiger partial charge in [0, 0.05) is 18.7 Å². The maximum absolute atomic E-state index is 13.5. The Balaban J connectivity index is 2.43. The first-order valence-corrected chi connectivity index (χ1v) is 6.02. The SMILES string of the molecule is O=C1C(Br)CCCN1c1c(F)cc(F)cc1F. The van der Waals surface area contributed by atoms with Crippen molar-refractivity contribution in [3.05, 3.63) is 29.6 Å². The van der Waals surface area contributed by atoms with Crippen LogP contribution in [0.15, 0.2) is 12.1 Å². The lowest BCUT2D eigenvalue weighted by molar-refractivity contribution is -0.118. The lowest BCUT2D eigenvalue weighted by Gasteiger charge is -2.30. The zero-order valence-corrected chi connectivity index (χ0v) is 10.3. The molecule has 17 heavy (non-hydrogen) atoms. The Morgan fingerprint density at radius 1 is 1.24 bits per heavy atom. The number of alkyl halides is 1. The van der Waals surface area contributed by atoms with Crippen molar-refractivity contribution in [3.63, 3.8) is 0 Å². The molecule has 1 atom stereocenters. The second-order valence-corrected chi connectivity index (χ2v) is 4.92. The number of halogens is 4. The number of hydrogen-bond donors (Lipinski definition) is 0. The average molecular weight is 308 g/mol. The molecule has 1 aromatic carbocycles. The van der Waals surface area contributed by atoms with E-state index in [0.29, 0.717) is 25.0 Å². The number of hydrogen-bond acceptors (Lipinski definition) is 1. The minimum atomic E-state index is -1.06. The molecule has 1 aromatic rings. The van der Waals surface area contributed by atoms with E-state index in [2.05, 4.69) is 15.9 Å². The van der Waals surface area contributed by atoms with Crippen LogP contribution in [-0.2, 0) is 4.79 Å². The Kier molecular flexibility index (Phi) is 3.42. The summed E-state index contributed by atoms with van der Waals surface area (Å²) in [4.78, 5) is 12.3. The Morgan fingerprint density at radius 2 is 1.82 bits per heavy atom. The van der Waals surface area contributed by atoms with Gasteiger partial charge in [-0.1, -0.05) is 15.9 Å². The molecule has 0 bridgehead atoms. The Morgan fingerprint density at radius 3 is 2.41 bits per heavy atom. The van der Waals surface area contributed by atoms with Crippen LogP contribution in [0.1, 0.15) is 12.8 Å². The second kappa shape index (κ2) is 4.68. The maximum atomic E-state index is 13.5. The second-order valence-electron chi connectivity index (χ2n) is 3.82. The van der Waals surface area contributed by atoms with Gasteiger partial charge in [0.05, 0.1) is 4.83 Å². The van der Waals surface area contributed by atoms with Gasteiger partial charge in [0.2, 0.25) is 5.91 Å². The van der Waals surface area contributed by atoms with Crippen molar-refractivity contribution in [2.24, 2.45) is 0 Å². The van der Waals surface area contributed by atoms with Gasteiger partial charge < -0.3 is 4.90 Å². The van der Waals surface area contributed by atoms with Gasteiger partial charge in [-0.3, -0.25) is 4.79 Å². The monoisotopic (exact) mass is 307 g/mol. The number of rotatable bonds is 1. The van der Waals surface area contributed by atoms with Crippen LogP contribution in [0.2, 0.25) is 0 Å². The number of amides is 1. The number of nitrogens with zero attached hydrogens (tertiary/aromatic N) is 1. The summed E-state index contributed by atoms with van der Waals surface area (Å²) in [6.45, 7) is 0.237. The molecule has 1 aliphatic rings. The van der Waals surface area contributed by atoms with E-state index in [1.165, 1.54) is 0 Å². The van der Waals surface area contributed by atoms with E-state index in [1.807, 2.05) is 0 Å². The quantitative estimate of drug-likeness (QED) is 0.730. The molecule has 1 saturated heterocycles. The van der Waals surface area contributed by atoms with E-state index in [0.717, 1.165) is 4.90 Å². The summed E-state index contributed by atoms with van der Waals surface area (Å²) in [7, 11) is 0. The zero-order chi connectivity index (χ0) is 12.6. The summed E-state index contributed by atoms with van der Waals surface area (Å²) in [6, 6.07) is 1.15. The molecule has 0 aromatic heterocycles. The molecule has 0 N–H and O–H groups in total. The fourth-order valence-electron chi connectivity index (χ4n) is 1.85. The van der Waals surface area contributed by atoms with E-state index in [9.17, 15) is 18.0 Å². The van der Waals surface area contributed by atoms with Crippen LogP contribution in [0.5, 0.6) is 0 Å². The molecule has 0 spiro atoms. The van der Waals surface area contributed by atoms with Crippen LogP contribution >= 0.6 is 15.9 Å². The molecule has 6 heteroatoms. The van der Waals surface area contributed by atoms with Crippen LogP contribution < -0.4 is 4.90 Å². The molecule has 0 saturated carbocycles. The fourth-order valence-corrected chi connectivity index (χ4v) is 2.42. The first-order chi connectivity index (χ1) is 8.00. The zero-order valence-electron chi connectivity index (χ0n) is 8.72. The lowest BCUT2D eigenvalue weighted by Crippen LogP contribution is -2.42. The largest absolute Gasteiger partial charge is 0.306 e. The number of piperidine rings is 1. The highest BCUT2D eigenvalue weighted by Gasteiger charge is 2.31. The van der Waals surface area contributed by atoms with Gasteiger partial charge in [-0.2, -0.15) is 0 Å². The Labute approximate surface area is 105 Å². The van der Waals surface area contributed by atoms with Crippen LogP contribution in [0, 0.1) is 17.5 Å². The van der Waals surface area contributed by atoms with Gasteiger partial charge in [-0.25, -0.2) is 13.2 Å². The first-order valence-electron chi connectivity index (χ1n) is 5.10. The highest BCUT2D eigenvalue weighted by atomic mass is 79.9. The first kappa shape index (κ1) is 12.4. The van der Waals surface area contributed by atoms with E-state index in [4.69, 9.17) is 0 Å². The van der Waals surface area contributed by atoms with Gasteiger partial charge in [0.25, 0.3) is 0 Å². The topological polar surface area (TPSA) is 20.3 Å². The van der Waals surface area contributed by atoms with Crippen LogP contribution in [0.3, 0.4) is 0 Å². The molecule has 0 aliphatic carbocycles. The fraction of sp³-hybridized carbons (Fsp3) is 0.364. The molecule has 1 amide bonds. The van der Waals surface area contributed by atoms with Gasteiger partial charge >= 0.3 is 0 Å². The average Bonchev–Trinajstić information content (AvgIpc) is 2.23. The summed E-state index contributed by atoms with van der Waals surface area (Å²) in [5.41, 5.74) is -0.472. The van der Waals surface area contributed by atoms with E-state index in [1.54, 1.807) is 0 Å². The van der Waals surface area contributed by atoms with Gasteiger partial charge in [-0.15, -0.1) is 0 Å². The third-order valence-corrected chi connectivity index (χ3v) is 3.47. The van der Waals surface area contributed by atoms with Gasteiger partial charge in [0.15, 0.2) is 11.6 Å². The highest BCUT2D eigenvalue weighted by molar-refractivity contribution is 9.10. The molecule has 92 valence electrons. The number of benzene rings is 1.